The molecule has 0 spiro atoms. The third-order valence-electron chi connectivity index (χ3n) is 1.87. The molecule has 0 fully saturated rings. The van der Waals surface area contributed by atoms with Crippen LogP contribution in [0, 0.1) is 0 Å². The van der Waals surface area contributed by atoms with Gasteiger partial charge in [-0.05, 0) is 24.3 Å². The lowest BCUT2D eigenvalue weighted by Gasteiger charge is -2.04. The molecule has 5 N–H and O–H groups in total. The highest BCUT2D eigenvalue weighted by Crippen LogP contribution is 2.31. The van der Waals surface area contributed by atoms with Crippen molar-refractivity contribution in [2.75, 3.05) is 11.5 Å². The molecule has 0 saturated heterocycles. The molecule has 0 saturated carbocycles. The van der Waals surface area contributed by atoms with Crippen LogP contribution >= 0.6 is 11.8 Å². The van der Waals surface area contributed by atoms with E-state index in [1.807, 2.05) is 0 Å². The fourth-order valence-electron chi connectivity index (χ4n) is 1.12. The molecule has 16 heavy (non-hydrogen) atoms. The summed E-state index contributed by atoms with van der Waals surface area (Å²) < 4.78 is 0. The quantitative estimate of drug-likeness (QED) is 0.728. The minimum Gasteiger partial charge on any atom is -0.508 e. The van der Waals surface area contributed by atoms with Crippen molar-refractivity contribution in [2.24, 2.45) is 0 Å². The van der Waals surface area contributed by atoms with Crippen LogP contribution in [-0.4, -0.2) is 15.1 Å². The van der Waals surface area contributed by atoms with E-state index in [4.69, 9.17) is 16.6 Å². The number of nitrogen functional groups attached to an aromatic ring is 2. The third kappa shape index (κ3) is 2.34. The van der Waals surface area contributed by atoms with E-state index in [1.165, 1.54) is 11.8 Å². The smallest absolute Gasteiger partial charge is 0.221 e. The zero-order valence-electron chi connectivity index (χ0n) is 8.29. The topological polar surface area (TPSA) is 98.0 Å². The van der Waals surface area contributed by atoms with Crippen LogP contribution in [0.2, 0.25) is 0 Å². The van der Waals surface area contributed by atoms with Gasteiger partial charge in [0.2, 0.25) is 5.95 Å². The first-order valence-corrected chi connectivity index (χ1v) is 5.31. The number of aromatic nitrogens is 2. The minimum absolute atomic E-state index is 0.160. The first kappa shape index (κ1) is 10.6. The number of anilines is 2. The third-order valence-corrected chi connectivity index (χ3v) is 2.91. The van der Waals surface area contributed by atoms with E-state index in [2.05, 4.69) is 9.97 Å². The van der Waals surface area contributed by atoms with Gasteiger partial charge in [-0.25, -0.2) is 4.98 Å². The Hall–Kier alpha value is -1.95. The van der Waals surface area contributed by atoms with Gasteiger partial charge in [0.15, 0.2) is 0 Å². The molecule has 0 aliphatic rings. The van der Waals surface area contributed by atoms with E-state index in [1.54, 1.807) is 30.5 Å². The number of hydrogen-bond donors (Lipinski definition) is 3. The average molecular weight is 234 g/mol. The normalized spacial score (nSPS) is 10.2. The molecule has 0 aliphatic carbocycles. The zero-order chi connectivity index (χ0) is 11.5. The number of phenolic OH excluding ortho intramolecular Hbond substituents is 1. The molecule has 1 aromatic carbocycles. The van der Waals surface area contributed by atoms with E-state index < -0.39 is 0 Å². The van der Waals surface area contributed by atoms with Gasteiger partial charge in [0.25, 0.3) is 0 Å². The Morgan fingerprint density at radius 2 is 1.81 bits per heavy atom. The Labute approximate surface area is 96.5 Å². The van der Waals surface area contributed by atoms with Gasteiger partial charge in [0.1, 0.15) is 11.6 Å². The van der Waals surface area contributed by atoms with E-state index >= 15 is 0 Å². The van der Waals surface area contributed by atoms with Gasteiger partial charge in [-0.3, -0.25) is 0 Å². The van der Waals surface area contributed by atoms with Crippen molar-refractivity contribution in [3.63, 3.8) is 0 Å². The molecule has 1 heterocycles. The van der Waals surface area contributed by atoms with Crippen LogP contribution in [0.5, 0.6) is 5.75 Å². The number of hydrogen-bond acceptors (Lipinski definition) is 6. The summed E-state index contributed by atoms with van der Waals surface area (Å²) in [5.74, 6) is 0.740. The Bertz CT molecular complexity index is 501. The van der Waals surface area contributed by atoms with E-state index in [-0.39, 0.29) is 11.7 Å². The number of nitrogens with zero attached hydrogens (tertiary/aromatic N) is 2. The van der Waals surface area contributed by atoms with Gasteiger partial charge in [-0.2, -0.15) is 4.98 Å². The number of rotatable bonds is 2. The van der Waals surface area contributed by atoms with Crippen LogP contribution in [0.3, 0.4) is 0 Å². The SMILES string of the molecule is Nc1ncc(Sc2ccc(O)cc2)c(N)n1. The summed E-state index contributed by atoms with van der Waals surface area (Å²) in [5, 5.41) is 9.14. The lowest BCUT2D eigenvalue weighted by atomic mass is 10.3. The molecular formula is C10H10N4OS. The molecular weight excluding hydrogens is 224 g/mol. The number of aromatic hydroxyl groups is 1. The molecule has 0 unspecified atom stereocenters. The van der Waals surface area contributed by atoms with Crippen molar-refractivity contribution in [1.82, 2.24) is 9.97 Å². The number of phenols is 1. The fourth-order valence-corrected chi connectivity index (χ4v) is 1.90. The molecule has 82 valence electrons. The summed E-state index contributed by atoms with van der Waals surface area (Å²) in [4.78, 5) is 9.41. The van der Waals surface area contributed by atoms with Crippen LogP contribution in [-0.2, 0) is 0 Å². The highest BCUT2D eigenvalue weighted by molar-refractivity contribution is 7.99. The molecule has 2 rings (SSSR count). The lowest BCUT2D eigenvalue weighted by molar-refractivity contribution is 0.475. The van der Waals surface area contributed by atoms with E-state index in [0.717, 1.165) is 9.79 Å². The van der Waals surface area contributed by atoms with Crippen LogP contribution in [0.4, 0.5) is 11.8 Å². The Kier molecular flexibility index (Phi) is 2.82. The van der Waals surface area contributed by atoms with Crippen molar-refractivity contribution >= 4 is 23.5 Å². The largest absolute Gasteiger partial charge is 0.508 e. The van der Waals surface area contributed by atoms with Crippen molar-refractivity contribution in [2.45, 2.75) is 9.79 Å². The average Bonchev–Trinajstić information content (AvgIpc) is 2.25. The predicted octanol–water partition coefficient (Wildman–Crippen LogP) is 1.50. The summed E-state index contributed by atoms with van der Waals surface area (Å²) in [6, 6.07) is 6.79. The molecule has 0 aliphatic heterocycles. The van der Waals surface area contributed by atoms with Crippen LogP contribution in [0.15, 0.2) is 40.3 Å². The first-order chi connectivity index (χ1) is 7.65. The molecule has 6 heteroatoms. The van der Waals surface area contributed by atoms with Gasteiger partial charge in [-0.15, -0.1) is 0 Å². The molecule has 0 amide bonds. The van der Waals surface area contributed by atoms with Gasteiger partial charge >= 0.3 is 0 Å². The van der Waals surface area contributed by atoms with Crippen LogP contribution in [0.1, 0.15) is 0 Å². The summed E-state index contributed by atoms with van der Waals surface area (Å²) in [5.41, 5.74) is 11.1. The van der Waals surface area contributed by atoms with Crippen molar-refractivity contribution in [3.05, 3.63) is 30.5 Å². The molecule has 5 nitrogen and oxygen atoms in total. The maximum Gasteiger partial charge on any atom is 0.221 e. The lowest BCUT2D eigenvalue weighted by Crippen LogP contribution is -2.00. The van der Waals surface area contributed by atoms with Gasteiger partial charge in [0.05, 0.1) is 4.90 Å². The highest BCUT2D eigenvalue weighted by atomic mass is 32.2. The fraction of sp³-hybridized carbons (Fsp3) is 0. The van der Waals surface area contributed by atoms with E-state index in [9.17, 15) is 0 Å². The van der Waals surface area contributed by atoms with Crippen LogP contribution in [0.25, 0.3) is 0 Å². The maximum atomic E-state index is 9.14. The van der Waals surface area contributed by atoms with Crippen molar-refractivity contribution < 1.29 is 5.11 Å². The molecule has 0 bridgehead atoms. The summed E-state index contributed by atoms with van der Waals surface area (Å²) in [6.45, 7) is 0. The minimum atomic E-state index is 0.160. The number of benzene rings is 1. The van der Waals surface area contributed by atoms with Crippen LogP contribution < -0.4 is 11.5 Å². The Morgan fingerprint density at radius 3 is 2.44 bits per heavy atom. The van der Waals surface area contributed by atoms with Gasteiger partial charge < -0.3 is 16.6 Å². The second-order valence-electron chi connectivity index (χ2n) is 3.07. The second-order valence-corrected chi connectivity index (χ2v) is 4.19. The first-order valence-electron chi connectivity index (χ1n) is 4.50. The Balaban J connectivity index is 2.23. The van der Waals surface area contributed by atoms with Crippen molar-refractivity contribution in [3.8, 4) is 5.75 Å². The van der Waals surface area contributed by atoms with E-state index in [0.29, 0.717) is 5.82 Å². The van der Waals surface area contributed by atoms with Crippen molar-refractivity contribution in [1.29, 1.82) is 0 Å². The van der Waals surface area contributed by atoms with Gasteiger partial charge in [-0.1, -0.05) is 11.8 Å². The molecule has 0 atom stereocenters. The number of nitrogens with two attached hydrogens (primary N) is 2. The monoisotopic (exact) mass is 234 g/mol. The summed E-state index contributed by atoms with van der Waals surface area (Å²) in [7, 11) is 0. The van der Waals surface area contributed by atoms with Gasteiger partial charge in [0, 0.05) is 11.1 Å². The Morgan fingerprint density at radius 1 is 1.12 bits per heavy atom. The standard InChI is InChI=1S/C10H10N4OS/c11-9-8(5-13-10(12)14-9)16-7-3-1-6(15)2-4-7/h1-5,15H,(H4,11,12,13,14). The summed E-state index contributed by atoms with van der Waals surface area (Å²) in [6.07, 6.45) is 1.58. The molecule has 1 aromatic heterocycles. The highest BCUT2D eigenvalue weighted by Gasteiger charge is 2.04. The zero-order valence-corrected chi connectivity index (χ0v) is 9.11. The summed E-state index contributed by atoms with van der Waals surface area (Å²) >= 11 is 1.41. The molecule has 2 aromatic rings. The molecule has 0 radical (unpaired) electrons. The second kappa shape index (κ2) is 4.28. The predicted molar refractivity (Wildman–Crippen MR) is 63.1 cm³/mol. The maximum absolute atomic E-state index is 9.14.